The number of carbonyl (C=O) groups excluding carboxylic acids is 1. The molecule has 3 rings (SSSR count). The van der Waals surface area contributed by atoms with Crippen LogP contribution in [-0.4, -0.2) is 23.5 Å². The molecule has 27 heavy (non-hydrogen) atoms. The number of aromatic nitrogens is 2. The zero-order valence-electron chi connectivity index (χ0n) is 15.2. The number of nitrogens with zero attached hydrogens (tertiary/aromatic N) is 1. The maximum Gasteiger partial charge on any atom is 0.442 e. The van der Waals surface area contributed by atoms with Crippen molar-refractivity contribution in [1.29, 1.82) is 0 Å². The first-order chi connectivity index (χ1) is 13.0. The van der Waals surface area contributed by atoms with Gasteiger partial charge in [0.15, 0.2) is 0 Å². The van der Waals surface area contributed by atoms with E-state index >= 15 is 0 Å². The first kappa shape index (κ1) is 18.8. The molecule has 0 aliphatic carbocycles. The topological polar surface area (TPSA) is 88.2 Å². The fraction of sp³-hybridized carbons (Fsp3) is 0.211. The predicted octanol–water partition coefficient (Wildman–Crippen LogP) is 2.68. The summed E-state index contributed by atoms with van der Waals surface area (Å²) in [5.74, 6) is 0.319. The van der Waals surface area contributed by atoms with Gasteiger partial charge in [0.2, 0.25) is 11.6 Å². The highest BCUT2D eigenvalue weighted by atomic mass is 32.2. The number of methoxy groups -OCH3 is 1. The Balaban J connectivity index is 1.79. The van der Waals surface area contributed by atoms with Crippen molar-refractivity contribution in [2.45, 2.75) is 24.1 Å². The van der Waals surface area contributed by atoms with Crippen LogP contribution in [0.25, 0.3) is 5.69 Å². The summed E-state index contributed by atoms with van der Waals surface area (Å²) in [6.45, 7) is 3.70. The molecule has 1 aromatic heterocycles. The highest BCUT2D eigenvalue weighted by Crippen LogP contribution is 2.25. The molecule has 0 aliphatic rings. The van der Waals surface area contributed by atoms with E-state index in [9.17, 15) is 9.59 Å². The van der Waals surface area contributed by atoms with Gasteiger partial charge < -0.3 is 10.1 Å². The molecule has 0 spiro atoms. The number of ether oxygens (including phenoxy) is 1. The normalized spacial score (nSPS) is 11.8. The third kappa shape index (κ3) is 4.22. The van der Waals surface area contributed by atoms with Crippen molar-refractivity contribution in [3.05, 3.63) is 64.5 Å². The quantitative estimate of drug-likeness (QED) is 0.502. The highest BCUT2D eigenvalue weighted by Gasteiger charge is 2.29. The van der Waals surface area contributed by atoms with Gasteiger partial charge in [-0.1, -0.05) is 29.8 Å². The molecule has 2 aromatic carbocycles. The number of hydrogen-bond donors (Lipinski definition) is 2. The first-order valence-electron chi connectivity index (χ1n) is 8.30. The van der Waals surface area contributed by atoms with Crippen molar-refractivity contribution in [3.8, 4) is 11.4 Å². The van der Waals surface area contributed by atoms with Gasteiger partial charge >= 0.3 is 10.7 Å². The number of hydrogen-bond acceptors (Lipinski definition) is 5. The van der Waals surface area contributed by atoms with E-state index < -0.39 is 10.9 Å². The second-order valence-corrected chi connectivity index (χ2v) is 7.24. The summed E-state index contributed by atoms with van der Waals surface area (Å²) >= 11 is 1.12. The van der Waals surface area contributed by atoms with E-state index in [1.54, 1.807) is 26.2 Å². The molecular formula is C19H20N3O4S+. The van der Waals surface area contributed by atoms with E-state index in [0.717, 1.165) is 23.0 Å². The van der Waals surface area contributed by atoms with Crippen LogP contribution in [0.4, 0.5) is 5.69 Å². The minimum absolute atomic E-state index is 0.249. The zero-order chi connectivity index (χ0) is 19.4. The SMILES string of the molecule is COc1ccccc1NC(=O)C(C)Sc1c(=O)o[nH][n+]1-c1ccc(C)cc1. The summed E-state index contributed by atoms with van der Waals surface area (Å²) in [5.41, 5.74) is 1.89. The number of H-pyrrole nitrogens is 1. The number of para-hydroxylation sites is 2. The number of amides is 1. The van der Waals surface area contributed by atoms with E-state index in [2.05, 4.69) is 10.6 Å². The summed E-state index contributed by atoms with van der Waals surface area (Å²) in [5, 5.41) is 5.16. The summed E-state index contributed by atoms with van der Waals surface area (Å²) in [4.78, 5) is 24.7. The number of nitrogens with one attached hydrogen (secondary N) is 2. The number of benzene rings is 2. The lowest BCUT2D eigenvalue weighted by molar-refractivity contribution is -0.704. The van der Waals surface area contributed by atoms with Crippen LogP contribution in [0.1, 0.15) is 12.5 Å². The van der Waals surface area contributed by atoms with Gasteiger partial charge in [-0.05, 0) is 47.7 Å². The Morgan fingerprint density at radius 2 is 1.93 bits per heavy atom. The van der Waals surface area contributed by atoms with Crippen LogP contribution in [0, 0.1) is 6.92 Å². The molecule has 3 aromatic rings. The molecule has 0 saturated heterocycles. The van der Waals surface area contributed by atoms with Gasteiger partial charge in [-0.15, -0.1) is 0 Å². The van der Waals surface area contributed by atoms with Gasteiger partial charge in [0.1, 0.15) is 5.75 Å². The first-order valence-corrected chi connectivity index (χ1v) is 9.18. The van der Waals surface area contributed by atoms with Gasteiger partial charge in [-0.2, -0.15) is 0 Å². The van der Waals surface area contributed by atoms with Crippen molar-refractivity contribution < 1.29 is 18.7 Å². The smallest absolute Gasteiger partial charge is 0.442 e. The highest BCUT2D eigenvalue weighted by molar-refractivity contribution is 8.00. The number of thioether (sulfide) groups is 1. The molecule has 8 heteroatoms. The molecule has 1 atom stereocenters. The standard InChI is InChI=1S/C19H19N3O4S/c1-12-8-10-14(11-9-12)22-18(19(24)26-21-22)27-13(2)17(23)20-15-6-4-5-7-16(15)25-3/h4-11,13H,1-3H3,(H-,20,21,23,24)/p+1. The van der Waals surface area contributed by atoms with Crippen molar-refractivity contribution in [2.24, 2.45) is 0 Å². The van der Waals surface area contributed by atoms with Gasteiger partial charge in [-0.3, -0.25) is 9.32 Å². The fourth-order valence-corrected chi connectivity index (χ4v) is 3.32. The van der Waals surface area contributed by atoms with Crippen molar-refractivity contribution in [1.82, 2.24) is 5.27 Å². The lowest BCUT2D eigenvalue weighted by Gasteiger charge is -2.12. The van der Waals surface area contributed by atoms with E-state index in [1.807, 2.05) is 43.3 Å². The van der Waals surface area contributed by atoms with E-state index in [1.165, 1.54) is 4.68 Å². The maximum atomic E-state index is 12.6. The second-order valence-electron chi connectivity index (χ2n) is 5.91. The van der Waals surface area contributed by atoms with Gasteiger partial charge in [0, 0.05) is 12.1 Å². The third-order valence-corrected chi connectivity index (χ3v) is 5.06. The molecule has 0 saturated carbocycles. The van der Waals surface area contributed by atoms with Crippen LogP contribution < -0.4 is 20.4 Å². The molecule has 1 heterocycles. The van der Waals surface area contributed by atoms with Crippen LogP contribution in [-0.2, 0) is 4.79 Å². The van der Waals surface area contributed by atoms with Crippen LogP contribution in [0.3, 0.4) is 0 Å². The zero-order valence-corrected chi connectivity index (χ0v) is 16.0. The average Bonchev–Trinajstić information content (AvgIpc) is 3.03. The molecule has 0 aliphatic heterocycles. The maximum absolute atomic E-state index is 12.6. The van der Waals surface area contributed by atoms with Crippen LogP contribution >= 0.6 is 11.8 Å². The lowest BCUT2D eigenvalue weighted by Crippen LogP contribution is -2.37. The Kier molecular flexibility index (Phi) is 5.66. The van der Waals surface area contributed by atoms with Crippen molar-refractivity contribution in [2.75, 3.05) is 12.4 Å². The van der Waals surface area contributed by atoms with Crippen molar-refractivity contribution >= 4 is 23.4 Å². The third-order valence-electron chi connectivity index (χ3n) is 3.92. The van der Waals surface area contributed by atoms with Crippen LogP contribution in [0.15, 0.2) is 62.9 Å². The Bertz CT molecular complexity index is 995. The molecule has 2 N–H and O–H groups in total. The van der Waals surface area contributed by atoms with Gasteiger partial charge in [0.05, 0.1) is 18.0 Å². The Hall–Kier alpha value is -3.00. The minimum atomic E-state index is -0.537. The van der Waals surface area contributed by atoms with Crippen LogP contribution in [0.5, 0.6) is 5.75 Å². The number of aromatic amines is 1. The van der Waals surface area contributed by atoms with E-state index in [4.69, 9.17) is 9.26 Å². The Morgan fingerprint density at radius 1 is 1.22 bits per heavy atom. The number of aryl methyl sites for hydroxylation is 1. The van der Waals surface area contributed by atoms with Gasteiger partial charge in [-0.25, -0.2) is 4.79 Å². The molecule has 1 amide bonds. The molecule has 1 unspecified atom stereocenters. The monoisotopic (exact) mass is 386 g/mol. The van der Waals surface area contributed by atoms with Crippen molar-refractivity contribution in [3.63, 3.8) is 0 Å². The fourth-order valence-electron chi connectivity index (χ4n) is 2.43. The Morgan fingerprint density at radius 3 is 2.63 bits per heavy atom. The number of anilines is 1. The molecule has 0 fully saturated rings. The Labute approximate surface area is 160 Å². The second kappa shape index (κ2) is 8.13. The van der Waals surface area contributed by atoms with Crippen LogP contribution in [0.2, 0.25) is 0 Å². The summed E-state index contributed by atoms with van der Waals surface area (Å²) in [6, 6.07) is 14.7. The number of rotatable bonds is 6. The van der Waals surface area contributed by atoms with E-state index in [0.29, 0.717) is 16.5 Å². The molecule has 140 valence electrons. The predicted molar refractivity (Wildman–Crippen MR) is 103 cm³/mol. The van der Waals surface area contributed by atoms with E-state index in [-0.39, 0.29) is 5.91 Å². The molecule has 0 radical (unpaired) electrons. The molecular weight excluding hydrogens is 366 g/mol. The number of carbonyl (C=O) groups is 1. The lowest BCUT2D eigenvalue weighted by atomic mass is 10.2. The minimum Gasteiger partial charge on any atom is -0.495 e. The summed E-state index contributed by atoms with van der Waals surface area (Å²) in [6.07, 6.45) is 0. The summed E-state index contributed by atoms with van der Waals surface area (Å²) < 4.78 is 11.7. The average molecular weight is 386 g/mol. The molecule has 7 nitrogen and oxygen atoms in total. The largest absolute Gasteiger partial charge is 0.495 e. The summed E-state index contributed by atoms with van der Waals surface area (Å²) in [7, 11) is 1.54. The molecule has 0 bridgehead atoms. The van der Waals surface area contributed by atoms with Gasteiger partial charge in [0.25, 0.3) is 0 Å².